The number of nitrogens with zero attached hydrogens (tertiary/aromatic N) is 1. The van der Waals surface area contributed by atoms with Gasteiger partial charge in [0.2, 0.25) is 0 Å². The first-order chi connectivity index (χ1) is 16.0. The maximum absolute atomic E-state index is 12.6. The van der Waals surface area contributed by atoms with Gasteiger partial charge in [0.25, 0.3) is 17.7 Å². The number of rotatable bonds is 10. The fourth-order valence-electron chi connectivity index (χ4n) is 2.85. The number of para-hydroxylation sites is 1. The number of esters is 1. The van der Waals surface area contributed by atoms with E-state index < -0.39 is 18.5 Å². The Labute approximate surface area is 194 Å². The molecule has 1 aromatic carbocycles. The van der Waals surface area contributed by atoms with Crippen LogP contribution in [0, 0.1) is 0 Å². The Bertz CT molecular complexity index is 1100. The van der Waals surface area contributed by atoms with Crippen molar-refractivity contribution < 1.29 is 28.3 Å². The van der Waals surface area contributed by atoms with E-state index in [1.165, 1.54) is 29.5 Å². The van der Waals surface area contributed by atoms with E-state index in [-0.39, 0.29) is 31.3 Å². The molecule has 0 aliphatic rings. The second kappa shape index (κ2) is 11.6. The molecule has 3 amide bonds. The average Bonchev–Trinajstić information content (AvgIpc) is 3.55. The number of carbonyl (C=O) groups is 4. The van der Waals surface area contributed by atoms with Crippen LogP contribution in [0.4, 0.5) is 5.69 Å². The summed E-state index contributed by atoms with van der Waals surface area (Å²) in [6.07, 6.45) is 1.44. The lowest BCUT2D eigenvalue weighted by atomic mass is 10.1. The van der Waals surface area contributed by atoms with Gasteiger partial charge in [-0.25, -0.2) is 0 Å². The highest BCUT2D eigenvalue weighted by molar-refractivity contribution is 7.08. The molecule has 2 heterocycles. The van der Waals surface area contributed by atoms with Gasteiger partial charge in [0.15, 0.2) is 6.61 Å². The maximum Gasteiger partial charge on any atom is 0.308 e. The Morgan fingerprint density at radius 3 is 2.58 bits per heavy atom. The minimum Gasteiger partial charge on any atom is -0.467 e. The molecule has 0 radical (unpaired) electrons. The van der Waals surface area contributed by atoms with Gasteiger partial charge in [-0.05, 0) is 35.7 Å². The summed E-state index contributed by atoms with van der Waals surface area (Å²) in [6, 6.07) is 11.8. The Kier molecular flexibility index (Phi) is 8.36. The summed E-state index contributed by atoms with van der Waals surface area (Å²) in [4.78, 5) is 50.2. The predicted molar refractivity (Wildman–Crippen MR) is 122 cm³/mol. The van der Waals surface area contributed by atoms with Crippen molar-refractivity contribution in [3.63, 3.8) is 0 Å². The number of nitrogens with one attached hydrogen (secondary N) is 2. The van der Waals surface area contributed by atoms with E-state index >= 15 is 0 Å². The van der Waals surface area contributed by atoms with Gasteiger partial charge in [-0.3, -0.25) is 19.2 Å². The summed E-state index contributed by atoms with van der Waals surface area (Å²) in [5, 5.41) is 8.84. The van der Waals surface area contributed by atoms with Crippen molar-refractivity contribution in [3.05, 3.63) is 76.4 Å². The second-order valence-corrected chi connectivity index (χ2v) is 7.69. The van der Waals surface area contributed by atoms with Crippen LogP contribution in [0.2, 0.25) is 0 Å². The van der Waals surface area contributed by atoms with E-state index in [9.17, 15) is 19.2 Å². The number of amides is 3. The lowest BCUT2D eigenvalue weighted by Crippen LogP contribution is -2.34. The molecule has 2 aromatic heterocycles. The van der Waals surface area contributed by atoms with Crippen molar-refractivity contribution in [1.29, 1.82) is 0 Å². The average molecular weight is 470 g/mol. The first kappa shape index (κ1) is 23.7. The van der Waals surface area contributed by atoms with Crippen LogP contribution in [-0.4, -0.2) is 43.9 Å². The van der Waals surface area contributed by atoms with Crippen molar-refractivity contribution in [2.75, 3.05) is 25.1 Å². The van der Waals surface area contributed by atoms with Crippen LogP contribution in [0.1, 0.15) is 32.9 Å². The van der Waals surface area contributed by atoms with Crippen LogP contribution in [0.3, 0.4) is 0 Å². The molecule has 3 rings (SSSR count). The summed E-state index contributed by atoms with van der Waals surface area (Å²) in [7, 11) is 1.50. The van der Waals surface area contributed by atoms with E-state index in [2.05, 4.69) is 10.6 Å². The van der Waals surface area contributed by atoms with Gasteiger partial charge < -0.3 is 24.7 Å². The molecule has 10 heteroatoms. The molecule has 172 valence electrons. The van der Waals surface area contributed by atoms with E-state index in [1.54, 1.807) is 53.2 Å². The number of hydrogen-bond acceptors (Lipinski definition) is 7. The number of anilines is 1. The zero-order valence-electron chi connectivity index (χ0n) is 17.9. The lowest BCUT2D eigenvalue weighted by Gasteiger charge is -2.20. The number of carbonyl (C=O) groups excluding carboxylic acids is 4. The number of thiophene rings is 1. The smallest absolute Gasteiger partial charge is 0.308 e. The molecule has 0 saturated heterocycles. The van der Waals surface area contributed by atoms with Gasteiger partial charge in [0.05, 0.1) is 30.5 Å². The zero-order valence-corrected chi connectivity index (χ0v) is 18.7. The molecule has 2 N–H and O–H groups in total. The molecular formula is C23H23N3O6S. The van der Waals surface area contributed by atoms with Gasteiger partial charge in [-0.1, -0.05) is 12.1 Å². The Hall–Kier alpha value is -3.92. The number of benzene rings is 1. The largest absolute Gasteiger partial charge is 0.467 e. The molecule has 9 nitrogen and oxygen atoms in total. The highest BCUT2D eigenvalue weighted by Gasteiger charge is 2.20. The lowest BCUT2D eigenvalue weighted by molar-refractivity contribution is -0.147. The third-order valence-corrected chi connectivity index (χ3v) is 5.33. The predicted octanol–water partition coefficient (Wildman–Crippen LogP) is 2.60. The Balaban J connectivity index is 1.47. The minimum atomic E-state index is -0.619. The summed E-state index contributed by atoms with van der Waals surface area (Å²) >= 11 is 1.40. The molecule has 0 unspecified atom stereocenters. The maximum atomic E-state index is 12.6. The van der Waals surface area contributed by atoms with E-state index in [4.69, 9.17) is 9.15 Å². The minimum absolute atomic E-state index is 0.0708. The van der Waals surface area contributed by atoms with Gasteiger partial charge in [0.1, 0.15) is 5.76 Å². The second-order valence-electron chi connectivity index (χ2n) is 6.91. The molecule has 0 aliphatic carbocycles. The molecule has 0 saturated carbocycles. The monoisotopic (exact) mass is 469 g/mol. The van der Waals surface area contributed by atoms with Crippen LogP contribution in [-0.2, 0) is 20.9 Å². The molecule has 0 aliphatic heterocycles. The van der Waals surface area contributed by atoms with E-state index in [1.807, 2.05) is 0 Å². The van der Waals surface area contributed by atoms with Crippen LogP contribution in [0.25, 0.3) is 0 Å². The summed E-state index contributed by atoms with van der Waals surface area (Å²) < 4.78 is 10.2. The van der Waals surface area contributed by atoms with Crippen LogP contribution in [0.15, 0.2) is 63.9 Å². The van der Waals surface area contributed by atoms with Crippen molar-refractivity contribution in [2.45, 2.75) is 13.0 Å². The molecule has 0 bridgehead atoms. The summed E-state index contributed by atoms with van der Waals surface area (Å²) in [5.41, 5.74) is 1.19. The van der Waals surface area contributed by atoms with Gasteiger partial charge >= 0.3 is 5.97 Å². The van der Waals surface area contributed by atoms with Crippen molar-refractivity contribution in [1.82, 2.24) is 10.6 Å². The van der Waals surface area contributed by atoms with Gasteiger partial charge in [0, 0.05) is 24.5 Å². The van der Waals surface area contributed by atoms with Gasteiger partial charge in [-0.2, -0.15) is 11.3 Å². The van der Waals surface area contributed by atoms with E-state index in [0.717, 1.165) is 0 Å². The zero-order chi connectivity index (χ0) is 23.6. The molecule has 0 spiro atoms. The molecule has 0 atom stereocenters. The Morgan fingerprint density at radius 2 is 1.85 bits per heavy atom. The quantitative estimate of drug-likeness (QED) is 0.441. The fourth-order valence-corrected chi connectivity index (χ4v) is 3.49. The fraction of sp³-hybridized carbons (Fsp3) is 0.217. The standard InChI is InChI=1S/C23H23N3O6S/c1-26(19-7-3-2-6-18(19)23(30)25-13-17-5-4-11-31-17)20(27)14-32-21(28)8-10-24-22(29)16-9-12-33-15-16/h2-7,9,11-12,15H,8,10,13-14H2,1H3,(H,24,29)(H,25,30). The van der Waals surface area contributed by atoms with Crippen molar-refractivity contribution in [2.24, 2.45) is 0 Å². The molecular weight excluding hydrogens is 446 g/mol. The highest BCUT2D eigenvalue weighted by atomic mass is 32.1. The molecule has 0 fully saturated rings. The molecule has 3 aromatic rings. The molecule has 33 heavy (non-hydrogen) atoms. The first-order valence-corrected chi connectivity index (χ1v) is 11.0. The summed E-state index contributed by atoms with van der Waals surface area (Å²) in [5.74, 6) is -1.17. The number of ether oxygens (including phenoxy) is 1. The van der Waals surface area contributed by atoms with Crippen LogP contribution in [0.5, 0.6) is 0 Å². The third-order valence-electron chi connectivity index (χ3n) is 4.64. The number of likely N-dealkylation sites (N-methyl/N-ethyl adjacent to an activating group) is 1. The topological polar surface area (TPSA) is 118 Å². The van der Waals surface area contributed by atoms with Crippen molar-refractivity contribution >= 4 is 40.7 Å². The SMILES string of the molecule is CN(C(=O)COC(=O)CCNC(=O)c1ccsc1)c1ccccc1C(=O)NCc1ccco1. The normalized spacial score (nSPS) is 10.3. The van der Waals surface area contributed by atoms with Crippen LogP contribution >= 0.6 is 11.3 Å². The van der Waals surface area contributed by atoms with Crippen LogP contribution < -0.4 is 15.5 Å². The first-order valence-electron chi connectivity index (χ1n) is 10.1. The summed E-state index contributed by atoms with van der Waals surface area (Å²) in [6.45, 7) is -0.190. The van der Waals surface area contributed by atoms with E-state index in [0.29, 0.717) is 22.6 Å². The van der Waals surface area contributed by atoms with Crippen molar-refractivity contribution in [3.8, 4) is 0 Å². The number of hydrogen-bond donors (Lipinski definition) is 2. The highest BCUT2D eigenvalue weighted by Crippen LogP contribution is 2.19. The Morgan fingerprint density at radius 1 is 1.03 bits per heavy atom. The number of furan rings is 1. The van der Waals surface area contributed by atoms with Gasteiger partial charge in [-0.15, -0.1) is 0 Å². The third kappa shape index (κ3) is 6.78.